The van der Waals surface area contributed by atoms with Gasteiger partial charge < -0.3 is 29.6 Å². The third-order valence-corrected chi connectivity index (χ3v) is 4.98. The van der Waals surface area contributed by atoms with Crippen molar-refractivity contribution in [2.24, 2.45) is 0 Å². The van der Waals surface area contributed by atoms with E-state index in [2.05, 4.69) is 15.4 Å². The SMILES string of the molecule is COC(=O)[C@H](C)NC(=O)CN1C(=O)CC[C@H](NC(=O)c2cc(OC)c(OC)c(OC)c2)C1=O. The number of ether oxygens (including phenoxy) is 4. The molecule has 0 spiro atoms. The molecular weight excluding hydrogens is 438 g/mol. The Labute approximate surface area is 190 Å². The smallest absolute Gasteiger partial charge is 0.328 e. The van der Waals surface area contributed by atoms with E-state index in [0.717, 1.165) is 4.90 Å². The van der Waals surface area contributed by atoms with E-state index in [1.807, 2.05) is 0 Å². The van der Waals surface area contributed by atoms with Crippen molar-refractivity contribution in [3.05, 3.63) is 17.7 Å². The van der Waals surface area contributed by atoms with Gasteiger partial charge >= 0.3 is 5.97 Å². The number of imide groups is 1. The lowest BCUT2D eigenvalue weighted by Gasteiger charge is -2.30. The minimum Gasteiger partial charge on any atom is -0.493 e. The molecule has 1 fully saturated rings. The number of hydrogen-bond donors (Lipinski definition) is 2. The van der Waals surface area contributed by atoms with Gasteiger partial charge in [-0.3, -0.25) is 24.1 Å². The molecule has 0 unspecified atom stereocenters. The van der Waals surface area contributed by atoms with E-state index in [9.17, 15) is 24.0 Å². The summed E-state index contributed by atoms with van der Waals surface area (Å²) in [5.41, 5.74) is 0.144. The molecule has 0 aromatic heterocycles. The summed E-state index contributed by atoms with van der Waals surface area (Å²) in [5.74, 6) is -2.47. The van der Waals surface area contributed by atoms with E-state index in [4.69, 9.17) is 14.2 Å². The number of carbonyl (C=O) groups is 5. The first-order chi connectivity index (χ1) is 15.7. The molecule has 2 N–H and O–H groups in total. The molecule has 2 rings (SSSR count). The van der Waals surface area contributed by atoms with Gasteiger partial charge in [0.1, 0.15) is 18.6 Å². The molecule has 0 radical (unpaired) electrons. The predicted molar refractivity (Wildman–Crippen MR) is 113 cm³/mol. The zero-order valence-corrected chi connectivity index (χ0v) is 19.1. The van der Waals surface area contributed by atoms with Crippen LogP contribution in [0.5, 0.6) is 17.2 Å². The van der Waals surface area contributed by atoms with Crippen molar-refractivity contribution in [1.82, 2.24) is 15.5 Å². The van der Waals surface area contributed by atoms with Gasteiger partial charge in [-0.05, 0) is 25.5 Å². The van der Waals surface area contributed by atoms with Crippen molar-refractivity contribution in [3.8, 4) is 17.2 Å². The van der Waals surface area contributed by atoms with Gasteiger partial charge in [-0.1, -0.05) is 0 Å². The molecule has 1 aromatic carbocycles. The maximum absolute atomic E-state index is 12.8. The van der Waals surface area contributed by atoms with Gasteiger partial charge in [0.2, 0.25) is 17.6 Å². The number of methoxy groups -OCH3 is 4. The molecule has 2 atom stereocenters. The summed E-state index contributed by atoms with van der Waals surface area (Å²) in [6.07, 6.45) is 0.0241. The largest absolute Gasteiger partial charge is 0.493 e. The van der Waals surface area contributed by atoms with Crippen LogP contribution in [-0.4, -0.2) is 81.6 Å². The zero-order chi connectivity index (χ0) is 24.7. The van der Waals surface area contributed by atoms with Gasteiger partial charge in [-0.2, -0.15) is 0 Å². The second kappa shape index (κ2) is 11.2. The summed E-state index contributed by atoms with van der Waals surface area (Å²) in [5, 5.41) is 4.93. The number of hydrogen-bond acceptors (Lipinski definition) is 9. The number of esters is 1. The van der Waals surface area contributed by atoms with E-state index in [-0.39, 0.29) is 29.9 Å². The van der Waals surface area contributed by atoms with Gasteiger partial charge in [0, 0.05) is 12.0 Å². The van der Waals surface area contributed by atoms with E-state index in [1.165, 1.54) is 47.5 Å². The molecule has 1 saturated heterocycles. The monoisotopic (exact) mass is 465 g/mol. The minimum absolute atomic E-state index is 0.0498. The summed E-state index contributed by atoms with van der Waals surface area (Å²) >= 11 is 0. The van der Waals surface area contributed by atoms with Crippen molar-refractivity contribution in [2.45, 2.75) is 31.8 Å². The fourth-order valence-corrected chi connectivity index (χ4v) is 3.26. The lowest BCUT2D eigenvalue weighted by molar-refractivity contribution is -0.152. The molecule has 0 aliphatic carbocycles. The summed E-state index contributed by atoms with van der Waals surface area (Å²) in [6, 6.07) is 0.872. The summed E-state index contributed by atoms with van der Waals surface area (Å²) in [7, 11) is 5.40. The summed E-state index contributed by atoms with van der Waals surface area (Å²) in [6.45, 7) is 0.819. The third kappa shape index (κ3) is 5.90. The predicted octanol–water partition coefficient (Wildman–Crippen LogP) is -0.362. The molecule has 0 saturated carbocycles. The number of amides is 4. The van der Waals surface area contributed by atoms with Gasteiger partial charge in [0.25, 0.3) is 11.8 Å². The van der Waals surface area contributed by atoms with Crippen LogP contribution in [0.2, 0.25) is 0 Å². The Morgan fingerprint density at radius 2 is 1.67 bits per heavy atom. The molecule has 0 bridgehead atoms. The number of nitrogens with one attached hydrogen (secondary N) is 2. The highest BCUT2D eigenvalue weighted by Gasteiger charge is 2.37. The minimum atomic E-state index is -1.03. The van der Waals surface area contributed by atoms with E-state index < -0.39 is 48.2 Å². The second-order valence-corrected chi connectivity index (χ2v) is 7.11. The first-order valence-corrected chi connectivity index (χ1v) is 9.99. The maximum atomic E-state index is 12.8. The van der Waals surface area contributed by atoms with Crippen molar-refractivity contribution in [3.63, 3.8) is 0 Å². The molecule has 1 aliphatic rings. The van der Waals surface area contributed by atoms with Crippen LogP contribution in [0.4, 0.5) is 0 Å². The van der Waals surface area contributed by atoms with Crippen LogP contribution in [0.25, 0.3) is 0 Å². The lowest BCUT2D eigenvalue weighted by Crippen LogP contribution is -2.57. The zero-order valence-electron chi connectivity index (χ0n) is 19.1. The average molecular weight is 465 g/mol. The van der Waals surface area contributed by atoms with E-state index in [1.54, 1.807) is 0 Å². The summed E-state index contributed by atoms with van der Waals surface area (Å²) in [4.78, 5) is 62.2. The number of piperidine rings is 1. The molecule has 180 valence electrons. The first kappa shape index (κ1) is 25.4. The Bertz CT molecular complexity index is 922. The van der Waals surface area contributed by atoms with Crippen molar-refractivity contribution in [1.29, 1.82) is 0 Å². The average Bonchev–Trinajstić information content (AvgIpc) is 2.81. The number of carbonyl (C=O) groups excluding carboxylic acids is 5. The Morgan fingerprint density at radius 3 is 2.18 bits per heavy atom. The molecular formula is C21H27N3O9. The number of rotatable bonds is 9. The van der Waals surface area contributed by atoms with Crippen molar-refractivity contribution < 1.29 is 42.9 Å². The van der Waals surface area contributed by atoms with Gasteiger partial charge in [0.05, 0.1) is 28.4 Å². The number of benzene rings is 1. The number of likely N-dealkylation sites (tertiary alicyclic amines) is 1. The maximum Gasteiger partial charge on any atom is 0.328 e. The third-order valence-electron chi connectivity index (χ3n) is 4.98. The number of nitrogens with zero attached hydrogens (tertiary/aromatic N) is 1. The van der Waals surface area contributed by atoms with Crippen LogP contribution in [-0.2, 0) is 23.9 Å². The highest BCUT2D eigenvalue weighted by atomic mass is 16.5. The molecule has 33 heavy (non-hydrogen) atoms. The Hall–Kier alpha value is -3.83. The highest BCUT2D eigenvalue weighted by Crippen LogP contribution is 2.38. The van der Waals surface area contributed by atoms with Crippen LogP contribution in [0.15, 0.2) is 12.1 Å². The second-order valence-electron chi connectivity index (χ2n) is 7.11. The Morgan fingerprint density at radius 1 is 1.06 bits per heavy atom. The fourth-order valence-electron chi connectivity index (χ4n) is 3.26. The van der Waals surface area contributed by atoms with Crippen LogP contribution < -0.4 is 24.8 Å². The summed E-state index contributed by atoms with van der Waals surface area (Å²) < 4.78 is 20.2. The molecule has 1 aromatic rings. The fraction of sp³-hybridized carbons (Fsp3) is 0.476. The molecule has 12 nitrogen and oxygen atoms in total. The Kier molecular flexibility index (Phi) is 8.60. The van der Waals surface area contributed by atoms with Crippen LogP contribution in [0.1, 0.15) is 30.1 Å². The first-order valence-electron chi connectivity index (χ1n) is 9.99. The normalized spacial score (nSPS) is 16.5. The molecule has 1 aliphatic heterocycles. The standard InChI is InChI=1S/C21H27N3O9/c1-11(21(29)33-5)22-16(25)10-24-17(26)7-6-13(20(24)28)23-19(27)12-8-14(30-2)18(32-4)15(9-12)31-3/h8-9,11,13H,6-7,10H2,1-5H3,(H,22,25)(H,23,27)/t11-,13-/m0/s1. The van der Waals surface area contributed by atoms with Crippen LogP contribution >= 0.6 is 0 Å². The van der Waals surface area contributed by atoms with E-state index in [0.29, 0.717) is 5.75 Å². The molecule has 1 heterocycles. The van der Waals surface area contributed by atoms with E-state index >= 15 is 0 Å². The lowest BCUT2D eigenvalue weighted by atomic mass is 10.0. The van der Waals surface area contributed by atoms with Gasteiger partial charge in [-0.15, -0.1) is 0 Å². The van der Waals surface area contributed by atoms with Gasteiger partial charge in [-0.25, -0.2) is 4.79 Å². The quantitative estimate of drug-likeness (QED) is 0.368. The molecule has 12 heteroatoms. The Balaban J connectivity index is 2.13. The van der Waals surface area contributed by atoms with Crippen molar-refractivity contribution >= 4 is 29.6 Å². The van der Waals surface area contributed by atoms with Crippen molar-refractivity contribution in [2.75, 3.05) is 35.0 Å². The van der Waals surface area contributed by atoms with Gasteiger partial charge in [0.15, 0.2) is 11.5 Å². The van der Waals surface area contributed by atoms with Crippen LogP contribution in [0.3, 0.4) is 0 Å². The highest BCUT2D eigenvalue weighted by molar-refractivity contribution is 6.06. The topological polar surface area (TPSA) is 150 Å². The van der Waals surface area contributed by atoms with Crippen LogP contribution in [0, 0.1) is 0 Å². The molecule has 4 amide bonds.